The number of nitrogens with zero attached hydrogens (tertiary/aromatic N) is 1. The molecule has 2 heterocycles. The Bertz CT molecular complexity index is 1560. The molecule has 0 amide bonds. The number of carboxylic acid groups (broad SMARTS) is 1. The van der Waals surface area contributed by atoms with Gasteiger partial charge in [-0.2, -0.15) is 0 Å². The summed E-state index contributed by atoms with van der Waals surface area (Å²) in [5, 5.41) is 20.1. The van der Waals surface area contributed by atoms with Crippen molar-refractivity contribution in [2.45, 2.75) is 11.1 Å². The lowest BCUT2D eigenvalue weighted by atomic mass is 10.1. The number of anilines is 1. The number of hydrogen-bond donors (Lipinski definition) is 4. The number of para-hydroxylation sites is 1. The van der Waals surface area contributed by atoms with E-state index in [1.54, 1.807) is 37.3 Å². The highest BCUT2D eigenvalue weighted by Crippen LogP contribution is 2.37. The summed E-state index contributed by atoms with van der Waals surface area (Å²) in [6.07, 6.45) is 0. The number of rotatable bonds is 5. The zero-order valence-electron chi connectivity index (χ0n) is 16.2. The Hall–Kier alpha value is -3.41. The number of sulfonamides is 1. The van der Waals surface area contributed by atoms with Crippen molar-refractivity contribution < 1.29 is 23.4 Å². The van der Waals surface area contributed by atoms with Gasteiger partial charge in [-0.15, -0.1) is 11.3 Å². The van der Waals surface area contributed by atoms with Crippen LogP contribution in [0, 0.1) is 6.92 Å². The predicted octanol–water partition coefficient (Wildman–Crippen LogP) is 3.82. The third-order valence-electron chi connectivity index (χ3n) is 4.62. The first-order chi connectivity index (χ1) is 15.1. The van der Waals surface area contributed by atoms with E-state index in [0.717, 1.165) is 16.7 Å². The average molecular weight is 492 g/mol. The number of aromatic nitrogens is 2. The van der Waals surface area contributed by atoms with E-state index in [0.29, 0.717) is 15.3 Å². The number of halogens is 1. The molecule has 4 aromatic rings. The fraction of sp³-hybridized carbons (Fsp3) is 0.0500. The van der Waals surface area contributed by atoms with Crippen molar-refractivity contribution in [3.05, 3.63) is 69.1 Å². The molecule has 4 N–H and O–H groups in total. The standard InChI is InChI=1S/C20H14ClN3O6S2/c1-9-11-7-6-10(21)8-14(11)31-20(9)32(29,30)24-13-5-3-2-4-12(13)17-22-15(19(27)28)16(25)18(26)23-17/h2-8,24-25H,1H3,(H,27,28)(H,22,23,26). The lowest BCUT2D eigenvalue weighted by Crippen LogP contribution is -2.17. The maximum Gasteiger partial charge on any atom is 0.358 e. The van der Waals surface area contributed by atoms with Gasteiger partial charge < -0.3 is 15.2 Å². The summed E-state index contributed by atoms with van der Waals surface area (Å²) in [7, 11) is -4.05. The van der Waals surface area contributed by atoms with Crippen LogP contribution in [-0.4, -0.2) is 34.6 Å². The van der Waals surface area contributed by atoms with E-state index in [1.165, 1.54) is 12.1 Å². The number of aromatic amines is 1. The van der Waals surface area contributed by atoms with Crippen LogP contribution in [0.5, 0.6) is 5.75 Å². The Kier molecular flexibility index (Phi) is 5.41. The second kappa shape index (κ2) is 7.93. The normalized spacial score (nSPS) is 11.6. The predicted molar refractivity (Wildman–Crippen MR) is 121 cm³/mol. The minimum absolute atomic E-state index is 0.0626. The van der Waals surface area contributed by atoms with Gasteiger partial charge >= 0.3 is 5.97 Å². The summed E-state index contributed by atoms with van der Waals surface area (Å²) < 4.78 is 29.7. The second-order valence-corrected chi connectivity index (χ2v) is 10.1. The summed E-state index contributed by atoms with van der Waals surface area (Å²) >= 11 is 7.08. The maximum absolute atomic E-state index is 13.2. The average Bonchev–Trinajstić information content (AvgIpc) is 3.06. The number of benzene rings is 2. The third-order valence-corrected chi connectivity index (χ3v) is 8.10. The molecule has 2 aromatic heterocycles. The van der Waals surface area contributed by atoms with Crippen LogP contribution < -0.4 is 10.3 Å². The number of aryl methyl sites for hydroxylation is 1. The van der Waals surface area contributed by atoms with Crippen LogP contribution in [0.1, 0.15) is 16.1 Å². The van der Waals surface area contributed by atoms with E-state index in [1.807, 2.05) is 0 Å². The summed E-state index contributed by atoms with van der Waals surface area (Å²) in [4.78, 5) is 29.3. The number of carbonyl (C=O) groups is 1. The smallest absolute Gasteiger partial charge is 0.358 e. The number of hydrogen-bond acceptors (Lipinski definition) is 7. The first-order valence-electron chi connectivity index (χ1n) is 8.96. The molecule has 0 saturated carbocycles. The topological polar surface area (TPSA) is 149 Å². The molecule has 0 atom stereocenters. The molecule has 0 saturated heterocycles. The van der Waals surface area contributed by atoms with Gasteiger partial charge in [-0.25, -0.2) is 18.2 Å². The number of fused-ring (bicyclic) bond motifs is 1. The van der Waals surface area contributed by atoms with Crippen LogP contribution in [0.15, 0.2) is 51.5 Å². The fourth-order valence-electron chi connectivity index (χ4n) is 3.15. The molecular formula is C20H14ClN3O6S2. The highest BCUT2D eigenvalue weighted by molar-refractivity contribution is 7.95. The molecule has 0 aliphatic rings. The zero-order valence-corrected chi connectivity index (χ0v) is 18.6. The molecule has 0 spiro atoms. The van der Waals surface area contributed by atoms with Crippen LogP contribution in [0.25, 0.3) is 21.5 Å². The summed E-state index contributed by atoms with van der Waals surface area (Å²) in [6.45, 7) is 1.69. The SMILES string of the molecule is Cc1c(S(=O)(=O)Nc2ccccc2-c2nc(C(=O)O)c(O)c(=O)[nH]2)sc2cc(Cl)ccc12. The number of thiophene rings is 1. The Morgan fingerprint density at radius 2 is 1.94 bits per heavy atom. The number of aromatic hydroxyl groups is 1. The first-order valence-corrected chi connectivity index (χ1v) is 11.6. The van der Waals surface area contributed by atoms with E-state index in [-0.39, 0.29) is 21.3 Å². The van der Waals surface area contributed by atoms with Crippen molar-refractivity contribution in [3.63, 3.8) is 0 Å². The molecule has 0 bridgehead atoms. The molecule has 0 fully saturated rings. The van der Waals surface area contributed by atoms with Gasteiger partial charge in [-0.05, 0) is 42.1 Å². The maximum atomic E-state index is 13.2. The number of H-pyrrole nitrogens is 1. The molecule has 0 aliphatic heterocycles. The second-order valence-electron chi connectivity index (χ2n) is 6.72. The Morgan fingerprint density at radius 1 is 1.22 bits per heavy atom. The van der Waals surface area contributed by atoms with Crippen LogP contribution in [0.2, 0.25) is 5.02 Å². The quantitative estimate of drug-likeness (QED) is 0.331. The van der Waals surface area contributed by atoms with Gasteiger partial charge in [0.25, 0.3) is 15.6 Å². The Morgan fingerprint density at radius 3 is 2.66 bits per heavy atom. The van der Waals surface area contributed by atoms with Gasteiger partial charge in [0.05, 0.1) is 5.69 Å². The van der Waals surface area contributed by atoms with Crippen LogP contribution >= 0.6 is 22.9 Å². The molecule has 0 unspecified atom stereocenters. The van der Waals surface area contributed by atoms with Gasteiger partial charge in [0, 0.05) is 15.3 Å². The van der Waals surface area contributed by atoms with E-state index < -0.39 is 33.0 Å². The molecule has 4 rings (SSSR count). The lowest BCUT2D eigenvalue weighted by Gasteiger charge is -2.12. The molecule has 12 heteroatoms. The molecule has 2 aromatic carbocycles. The van der Waals surface area contributed by atoms with E-state index >= 15 is 0 Å². The largest absolute Gasteiger partial charge is 0.501 e. The third kappa shape index (κ3) is 3.81. The molecule has 9 nitrogen and oxygen atoms in total. The van der Waals surface area contributed by atoms with E-state index in [9.17, 15) is 28.2 Å². The van der Waals surface area contributed by atoms with Crippen molar-refractivity contribution in [1.29, 1.82) is 0 Å². The van der Waals surface area contributed by atoms with Crippen LogP contribution in [0.3, 0.4) is 0 Å². The summed E-state index contributed by atoms with van der Waals surface area (Å²) in [6, 6.07) is 11.1. The molecular weight excluding hydrogens is 478 g/mol. The Labute approximate surface area is 190 Å². The van der Waals surface area contributed by atoms with Gasteiger partial charge in [-0.1, -0.05) is 29.8 Å². The fourth-order valence-corrected chi connectivity index (χ4v) is 6.27. The highest BCUT2D eigenvalue weighted by atomic mass is 35.5. The molecule has 0 radical (unpaired) electrons. The number of carboxylic acids is 1. The molecule has 0 aliphatic carbocycles. The van der Waals surface area contributed by atoms with Crippen molar-refractivity contribution in [3.8, 4) is 17.1 Å². The van der Waals surface area contributed by atoms with Crippen molar-refractivity contribution in [2.75, 3.05) is 4.72 Å². The van der Waals surface area contributed by atoms with Crippen molar-refractivity contribution in [1.82, 2.24) is 9.97 Å². The van der Waals surface area contributed by atoms with Gasteiger partial charge in [0.1, 0.15) is 10.0 Å². The number of aromatic carboxylic acids is 1. The summed E-state index contributed by atoms with van der Waals surface area (Å²) in [5.74, 6) is -2.87. The number of nitrogens with one attached hydrogen (secondary N) is 2. The van der Waals surface area contributed by atoms with E-state index in [4.69, 9.17) is 11.6 Å². The van der Waals surface area contributed by atoms with Crippen LogP contribution in [-0.2, 0) is 10.0 Å². The van der Waals surface area contributed by atoms with Crippen molar-refractivity contribution >= 4 is 54.7 Å². The first kappa shape index (κ1) is 21.8. The van der Waals surface area contributed by atoms with Gasteiger partial charge in [0.2, 0.25) is 5.75 Å². The van der Waals surface area contributed by atoms with Gasteiger partial charge in [0.15, 0.2) is 5.69 Å². The van der Waals surface area contributed by atoms with Crippen LogP contribution in [0.4, 0.5) is 5.69 Å². The van der Waals surface area contributed by atoms with Crippen molar-refractivity contribution in [2.24, 2.45) is 0 Å². The van der Waals surface area contributed by atoms with Gasteiger partial charge in [-0.3, -0.25) is 9.52 Å². The Balaban J connectivity index is 1.82. The summed E-state index contributed by atoms with van der Waals surface area (Å²) in [5.41, 5.74) is -1.18. The lowest BCUT2D eigenvalue weighted by molar-refractivity contribution is 0.0686. The molecule has 164 valence electrons. The van der Waals surface area contributed by atoms with E-state index in [2.05, 4.69) is 14.7 Å². The molecule has 32 heavy (non-hydrogen) atoms. The minimum Gasteiger partial charge on any atom is -0.501 e. The monoisotopic (exact) mass is 491 g/mol. The minimum atomic E-state index is -4.05. The highest BCUT2D eigenvalue weighted by Gasteiger charge is 2.24. The zero-order chi connectivity index (χ0) is 23.2.